The van der Waals surface area contributed by atoms with E-state index >= 15 is 0 Å². The predicted octanol–water partition coefficient (Wildman–Crippen LogP) is 2.32. The zero-order valence-corrected chi connectivity index (χ0v) is 16.9. The number of nitrogens with zero attached hydrogens (tertiary/aromatic N) is 1. The van der Waals surface area contributed by atoms with Crippen molar-refractivity contribution in [3.05, 3.63) is 29.8 Å². The number of ether oxygens (including phenoxy) is 1. The molecule has 3 N–H and O–H groups in total. The number of benzene rings is 1. The van der Waals surface area contributed by atoms with Gasteiger partial charge in [0.05, 0.1) is 7.11 Å². The molecule has 2 aliphatic rings. The van der Waals surface area contributed by atoms with Gasteiger partial charge in [-0.25, -0.2) is 0 Å². The molecule has 2 amide bonds. The van der Waals surface area contributed by atoms with E-state index in [-0.39, 0.29) is 23.7 Å². The van der Waals surface area contributed by atoms with Crippen molar-refractivity contribution >= 4 is 11.8 Å². The van der Waals surface area contributed by atoms with Crippen molar-refractivity contribution in [2.75, 3.05) is 26.7 Å². The van der Waals surface area contributed by atoms with Crippen LogP contribution in [0.25, 0.3) is 0 Å². The second-order valence-electron chi connectivity index (χ2n) is 8.12. The highest BCUT2D eigenvalue weighted by atomic mass is 16.5. The topological polar surface area (TPSA) is 84.7 Å². The largest absolute Gasteiger partial charge is 0.497 e. The summed E-state index contributed by atoms with van der Waals surface area (Å²) in [4.78, 5) is 27.2. The van der Waals surface area contributed by atoms with Crippen LogP contribution in [0.15, 0.2) is 24.3 Å². The molecule has 1 aliphatic carbocycles. The number of carbonyl (C=O) groups is 2. The van der Waals surface area contributed by atoms with E-state index in [0.29, 0.717) is 25.6 Å². The molecule has 1 heterocycles. The first-order chi connectivity index (χ1) is 13.6. The molecule has 1 saturated heterocycles. The Morgan fingerprint density at radius 1 is 1.04 bits per heavy atom. The summed E-state index contributed by atoms with van der Waals surface area (Å²) in [5.74, 6) is 1.92. The van der Waals surface area contributed by atoms with Crippen LogP contribution in [0.1, 0.15) is 44.1 Å². The van der Waals surface area contributed by atoms with E-state index in [9.17, 15) is 9.59 Å². The smallest absolute Gasteiger partial charge is 0.225 e. The van der Waals surface area contributed by atoms with Gasteiger partial charge in [-0.3, -0.25) is 9.59 Å². The Hall–Kier alpha value is -2.08. The third-order valence-electron chi connectivity index (χ3n) is 6.33. The van der Waals surface area contributed by atoms with Gasteiger partial charge >= 0.3 is 0 Å². The number of hydrogen-bond acceptors (Lipinski definition) is 4. The molecule has 1 aromatic rings. The Kier molecular flexibility index (Phi) is 7.31. The van der Waals surface area contributed by atoms with Gasteiger partial charge in [0, 0.05) is 31.5 Å². The van der Waals surface area contributed by atoms with Gasteiger partial charge in [-0.15, -0.1) is 0 Å². The number of hydrogen-bond donors (Lipinski definition) is 2. The quantitative estimate of drug-likeness (QED) is 0.784. The first-order valence-corrected chi connectivity index (χ1v) is 10.5. The highest BCUT2D eigenvalue weighted by molar-refractivity contribution is 5.81. The van der Waals surface area contributed by atoms with Crippen molar-refractivity contribution in [1.82, 2.24) is 10.2 Å². The second kappa shape index (κ2) is 9.92. The molecule has 0 atom stereocenters. The lowest BCUT2D eigenvalue weighted by molar-refractivity contribution is -0.140. The number of nitrogens with one attached hydrogen (secondary N) is 1. The van der Waals surface area contributed by atoms with Gasteiger partial charge in [-0.1, -0.05) is 12.1 Å². The Balaban J connectivity index is 1.40. The summed E-state index contributed by atoms with van der Waals surface area (Å²) in [5.41, 5.74) is 6.80. The molecule has 154 valence electrons. The molecule has 2 fully saturated rings. The second-order valence-corrected chi connectivity index (χ2v) is 8.12. The summed E-state index contributed by atoms with van der Waals surface area (Å²) >= 11 is 0. The van der Waals surface area contributed by atoms with Crippen molar-refractivity contribution in [2.24, 2.45) is 23.5 Å². The average Bonchev–Trinajstić information content (AvgIpc) is 2.77. The zero-order valence-electron chi connectivity index (χ0n) is 16.9. The molecular weight excluding hydrogens is 354 g/mol. The number of methoxy groups -OCH3 is 1. The average molecular weight is 388 g/mol. The fourth-order valence-electron chi connectivity index (χ4n) is 4.34. The first-order valence-electron chi connectivity index (χ1n) is 10.5. The third kappa shape index (κ3) is 5.25. The van der Waals surface area contributed by atoms with E-state index in [1.165, 1.54) is 0 Å². The van der Waals surface area contributed by atoms with Gasteiger partial charge in [0.2, 0.25) is 11.8 Å². The first kappa shape index (κ1) is 20.6. The minimum atomic E-state index is -0.00438. The minimum Gasteiger partial charge on any atom is -0.497 e. The van der Waals surface area contributed by atoms with Gasteiger partial charge in [0.15, 0.2) is 0 Å². The Labute approximate surface area is 167 Å². The Morgan fingerprint density at radius 2 is 1.68 bits per heavy atom. The van der Waals surface area contributed by atoms with Gasteiger partial charge in [0.25, 0.3) is 0 Å². The fraction of sp³-hybridized carbons (Fsp3) is 0.636. The minimum absolute atomic E-state index is 0.00438. The number of nitrogens with two attached hydrogens (primary N) is 1. The molecule has 1 aromatic carbocycles. The summed E-state index contributed by atoms with van der Waals surface area (Å²) in [6, 6.07) is 7.71. The number of carbonyl (C=O) groups excluding carboxylic acids is 2. The zero-order chi connectivity index (χ0) is 19.9. The number of amides is 2. The molecule has 28 heavy (non-hydrogen) atoms. The van der Waals surface area contributed by atoms with Crippen molar-refractivity contribution < 1.29 is 14.3 Å². The molecule has 1 saturated carbocycles. The summed E-state index contributed by atoms with van der Waals surface area (Å²) in [7, 11) is 1.64. The van der Waals surface area contributed by atoms with E-state index in [4.69, 9.17) is 10.5 Å². The maximum atomic E-state index is 12.8. The molecule has 1 aliphatic heterocycles. The molecule has 0 bridgehead atoms. The maximum absolute atomic E-state index is 12.8. The van der Waals surface area contributed by atoms with Gasteiger partial charge in [-0.05, 0) is 68.7 Å². The van der Waals surface area contributed by atoms with Crippen LogP contribution in [0.4, 0.5) is 0 Å². The summed E-state index contributed by atoms with van der Waals surface area (Å²) in [6.45, 7) is 2.64. The van der Waals surface area contributed by atoms with Gasteiger partial charge < -0.3 is 20.7 Å². The van der Waals surface area contributed by atoms with Crippen LogP contribution in [-0.4, -0.2) is 43.5 Å². The lowest BCUT2D eigenvalue weighted by Crippen LogP contribution is -2.45. The third-order valence-corrected chi connectivity index (χ3v) is 6.33. The number of rotatable bonds is 6. The standard InChI is InChI=1S/C22H33N3O3/c1-28-20-8-4-17(5-9-20)15-24-21(26)18-10-12-25(13-11-18)22(27)19-6-2-16(14-23)3-7-19/h4-5,8-9,16,18-19H,2-3,6-7,10-15,23H2,1H3,(H,24,26). The van der Waals surface area contributed by atoms with Gasteiger partial charge in [0.1, 0.15) is 5.75 Å². The van der Waals surface area contributed by atoms with E-state index in [1.807, 2.05) is 29.2 Å². The van der Waals surface area contributed by atoms with E-state index in [1.54, 1.807) is 7.11 Å². The summed E-state index contributed by atoms with van der Waals surface area (Å²) in [6.07, 6.45) is 5.55. The summed E-state index contributed by atoms with van der Waals surface area (Å²) in [5, 5.41) is 3.03. The normalized spacial score (nSPS) is 23.3. The van der Waals surface area contributed by atoms with Crippen molar-refractivity contribution in [1.29, 1.82) is 0 Å². The lowest BCUT2D eigenvalue weighted by atomic mass is 9.81. The fourth-order valence-corrected chi connectivity index (χ4v) is 4.34. The van der Waals surface area contributed by atoms with Crippen LogP contribution >= 0.6 is 0 Å². The molecule has 6 heteroatoms. The number of piperidine rings is 1. The monoisotopic (exact) mass is 387 g/mol. The predicted molar refractivity (Wildman–Crippen MR) is 109 cm³/mol. The van der Waals surface area contributed by atoms with Crippen LogP contribution in [0.2, 0.25) is 0 Å². The molecule has 0 aromatic heterocycles. The van der Waals surface area contributed by atoms with Gasteiger partial charge in [-0.2, -0.15) is 0 Å². The lowest BCUT2D eigenvalue weighted by Gasteiger charge is -2.35. The highest BCUT2D eigenvalue weighted by Crippen LogP contribution is 2.30. The molecule has 3 rings (SSSR count). The molecule has 0 spiro atoms. The molecule has 0 unspecified atom stereocenters. The van der Waals surface area contributed by atoms with E-state index < -0.39 is 0 Å². The Morgan fingerprint density at radius 3 is 2.25 bits per heavy atom. The molecular formula is C22H33N3O3. The van der Waals surface area contributed by atoms with Crippen LogP contribution < -0.4 is 15.8 Å². The van der Waals surface area contributed by atoms with Crippen molar-refractivity contribution in [2.45, 2.75) is 45.1 Å². The Bertz CT molecular complexity index is 645. The van der Waals surface area contributed by atoms with Crippen LogP contribution in [0, 0.1) is 17.8 Å². The van der Waals surface area contributed by atoms with Crippen molar-refractivity contribution in [3.8, 4) is 5.75 Å². The molecule has 0 radical (unpaired) electrons. The van der Waals surface area contributed by atoms with Crippen LogP contribution in [0.5, 0.6) is 5.75 Å². The summed E-state index contributed by atoms with van der Waals surface area (Å²) < 4.78 is 5.15. The molecule has 6 nitrogen and oxygen atoms in total. The number of likely N-dealkylation sites (tertiary alicyclic amines) is 1. The van der Waals surface area contributed by atoms with E-state index in [2.05, 4.69) is 5.32 Å². The highest BCUT2D eigenvalue weighted by Gasteiger charge is 2.32. The van der Waals surface area contributed by atoms with Crippen LogP contribution in [0.3, 0.4) is 0 Å². The maximum Gasteiger partial charge on any atom is 0.225 e. The van der Waals surface area contributed by atoms with Crippen molar-refractivity contribution in [3.63, 3.8) is 0 Å². The van der Waals surface area contributed by atoms with Crippen LogP contribution in [-0.2, 0) is 16.1 Å². The van der Waals surface area contributed by atoms with E-state index in [0.717, 1.165) is 56.4 Å². The SMILES string of the molecule is COc1ccc(CNC(=O)C2CCN(C(=O)C3CCC(CN)CC3)CC2)cc1.